The smallest absolute Gasteiger partial charge is 0.490 e. The van der Waals surface area contributed by atoms with E-state index in [9.17, 15) is 39.6 Å². The molecule has 9 nitrogen and oxygen atoms in total. The summed E-state index contributed by atoms with van der Waals surface area (Å²) in [6.45, 7) is 0.116. The fraction of sp³-hybridized carbons (Fsp3) is 0.486. The minimum atomic E-state index is -5.08. The first-order chi connectivity index (χ1) is 24.6. The molecule has 2 aliphatic carbocycles. The van der Waals surface area contributed by atoms with Gasteiger partial charge >= 0.3 is 18.3 Å². The van der Waals surface area contributed by atoms with Gasteiger partial charge in [0.2, 0.25) is 15.9 Å². The molecule has 1 aliphatic heterocycles. The lowest BCUT2D eigenvalue weighted by Gasteiger charge is -2.35. The SMILES string of the molecule is NC1CCN(C(=O)[C@H](NS(=O)(=O)c2ccc3cc(OC4CCCC4)ccc3c2)C(F)(F)c2ccc(C3(C(F)(F)F)CC3)cc2)CC1.O=C(O)C(F)(F)F. The summed E-state index contributed by atoms with van der Waals surface area (Å²) >= 11 is 0. The molecular weight excluding hydrogens is 742 g/mol. The molecule has 1 atom stereocenters. The second-order valence-electron chi connectivity index (χ2n) is 13.5. The van der Waals surface area contributed by atoms with E-state index in [1.165, 1.54) is 12.1 Å². The molecule has 1 saturated heterocycles. The molecule has 0 radical (unpaired) electrons. The van der Waals surface area contributed by atoms with Gasteiger partial charge in [0.05, 0.1) is 16.4 Å². The molecule has 3 aromatic carbocycles. The van der Waals surface area contributed by atoms with Crippen LogP contribution in [0.5, 0.6) is 5.75 Å². The lowest BCUT2D eigenvalue weighted by Crippen LogP contribution is -2.58. The van der Waals surface area contributed by atoms with Crippen LogP contribution in [0.25, 0.3) is 10.8 Å². The lowest BCUT2D eigenvalue weighted by molar-refractivity contribution is -0.192. The third kappa shape index (κ3) is 9.03. The normalized spacial score (nSPS) is 19.0. The van der Waals surface area contributed by atoms with Crippen molar-refractivity contribution >= 4 is 32.7 Å². The lowest BCUT2D eigenvalue weighted by atomic mass is 9.92. The van der Waals surface area contributed by atoms with Crippen LogP contribution in [-0.2, 0) is 30.9 Å². The van der Waals surface area contributed by atoms with Crippen molar-refractivity contribution in [2.75, 3.05) is 13.1 Å². The van der Waals surface area contributed by atoms with Crippen LogP contribution in [0, 0.1) is 0 Å². The number of hydrogen-bond acceptors (Lipinski definition) is 6. The predicted octanol–water partition coefficient (Wildman–Crippen LogP) is 6.78. The van der Waals surface area contributed by atoms with E-state index in [0.717, 1.165) is 54.8 Å². The van der Waals surface area contributed by atoms with Crippen LogP contribution in [0.3, 0.4) is 0 Å². The highest BCUT2D eigenvalue weighted by Crippen LogP contribution is 2.59. The maximum absolute atomic E-state index is 16.3. The van der Waals surface area contributed by atoms with Crippen LogP contribution < -0.4 is 15.2 Å². The fourth-order valence-corrected chi connectivity index (χ4v) is 7.71. The zero-order chi connectivity index (χ0) is 39.0. The maximum Gasteiger partial charge on any atom is 0.490 e. The zero-order valence-corrected chi connectivity index (χ0v) is 28.8. The molecule has 2 saturated carbocycles. The molecule has 0 aromatic heterocycles. The van der Waals surface area contributed by atoms with Gasteiger partial charge in [-0.15, -0.1) is 0 Å². The molecule has 6 rings (SSSR count). The molecule has 3 fully saturated rings. The number of carboxylic acid groups (broad SMARTS) is 1. The number of piperidine rings is 1. The van der Waals surface area contributed by atoms with Gasteiger partial charge in [0.25, 0.3) is 5.92 Å². The number of carboxylic acids is 1. The number of carbonyl (C=O) groups is 2. The molecule has 4 N–H and O–H groups in total. The minimum absolute atomic E-state index is 0.0581. The van der Waals surface area contributed by atoms with Gasteiger partial charge in [-0.2, -0.15) is 39.8 Å². The fourth-order valence-electron chi connectivity index (χ4n) is 6.49. The van der Waals surface area contributed by atoms with Crippen molar-refractivity contribution in [3.05, 3.63) is 71.8 Å². The Bertz CT molecular complexity index is 1900. The number of nitrogens with two attached hydrogens (primary N) is 1. The van der Waals surface area contributed by atoms with Crippen LogP contribution in [0.15, 0.2) is 65.6 Å². The zero-order valence-electron chi connectivity index (χ0n) is 28.0. The van der Waals surface area contributed by atoms with Crippen molar-refractivity contribution in [3.8, 4) is 5.75 Å². The first kappa shape index (κ1) is 40.2. The number of aliphatic carboxylic acids is 1. The highest BCUT2D eigenvalue weighted by Gasteiger charge is 2.64. The average Bonchev–Trinajstić information content (AvgIpc) is 3.77. The van der Waals surface area contributed by atoms with Gasteiger partial charge in [-0.05, 0) is 92.0 Å². The highest BCUT2D eigenvalue weighted by molar-refractivity contribution is 7.89. The van der Waals surface area contributed by atoms with Crippen molar-refractivity contribution in [1.29, 1.82) is 0 Å². The Kier molecular flexibility index (Phi) is 11.4. The standard InChI is InChI=1S/C33H36F5N3O4S.C2HF3O2/c34-32(35,24-9-7-23(8-10-24)31(15-16-31)33(36,37)38)29(30(42)41-17-13-25(39)14-18-41)40-46(43,44)28-12-6-21-19-27(11-5-22(21)20-28)45-26-3-1-2-4-26;3-2(4,5)1(6)7/h5-12,19-20,25-26,29,40H,1-4,13-18,39H2;(H,6,7)/t29-;/m0./s1. The number of likely N-dealkylation sites (tertiary alicyclic amines) is 1. The predicted molar refractivity (Wildman–Crippen MR) is 176 cm³/mol. The number of nitrogens with zero attached hydrogens (tertiary/aromatic N) is 1. The Labute approximate surface area is 299 Å². The third-order valence-corrected chi connectivity index (χ3v) is 11.2. The van der Waals surface area contributed by atoms with Crippen LogP contribution in [0.2, 0.25) is 0 Å². The van der Waals surface area contributed by atoms with E-state index >= 15 is 8.78 Å². The Morgan fingerprint density at radius 1 is 0.849 bits per heavy atom. The molecule has 0 unspecified atom stereocenters. The van der Waals surface area contributed by atoms with E-state index in [4.69, 9.17) is 20.4 Å². The summed E-state index contributed by atoms with van der Waals surface area (Å²) in [5.74, 6) is -7.37. The molecular formula is C35H37F8N3O6S. The van der Waals surface area contributed by atoms with Crippen LogP contribution >= 0.6 is 0 Å². The number of carbonyl (C=O) groups excluding carboxylic acids is 1. The van der Waals surface area contributed by atoms with E-state index in [-0.39, 0.29) is 48.5 Å². The monoisotopic (exact) mass is 779 g/mol. The molecule has 0 spiro atoms. The van der Waals surface area contributed by atoms with Crippen LogP contribution in [0.4, 0.5) is 35.1 Å². The van der Waals surface area contributed by atoms with Crippen molar-refractivity contribution in [2.24, 2.45) is 5.73 Å². The number of amides is 1. The number of sulfonamides is 1. The molecule has 53 heavy (non-hydrogen) atoms. The molecule has 3 aliphatic rings. The van der Waals surface area contributed by atoms with Gasteiger partial charge in [0.15, 0.2) is 6.04 Å². The number of rotatable bonds is 9. The summed E-state index contributed by atoms with van der Waals surface area (Å²) in [6, 6.07) is 10.2. The molecule has 1 amide bonds. The Hall–Kier alpha value is -4.03. The Morgan fingerprint density at radius 3 is 1.92 bits per heavy atom. The summed E-state index contributed by atoms with van der Waals surface area (Å²) in [5.41, 5.74) is 2.91. The van der Waals surface area contributed by atoms with E-state index in [0.29, 0.717) is 29.4 Å². The average molecular weight is 780 g/mol. The molecule has 18 heteroatoms. The third-order valence-electron chi connectivity index (χ3n) is 9.79. The summed E-state index contributed by atoms with van der Waals surface area (Å²) < 4.78 is 140. The topological polar surface area (TPSA) is 139 Å². The first-order valence-corrected chi connectivity index (χ1v) is 18.3. The number of benzene rings is 3. The van der Waals surface area contributed by atoms with Crippen LogP contribution in [-0.4, -0.2) is 73.9 Å². The minimum Gasteiger partial charge on any atom is -0.490 e. The Morgan fingerprint density at radius 2 is 1.40 bits per heavy atom. The largest absolute Gasteiger partial charge is 0.490 e. The summed E-state index contributed by atoms with van der Waals surface area (Å²) in [5, 5.41) is 8.33. The van der Waals surface area contributed by atoms with Gasteiger partial charge in [-0.3, -0.25) is 4.79 Å². The number of fused-ring (bicyclic) bond motifs is 1. The summed E-state index contributed by atoms with van der Waals surface area (Å²) in [7, 11) is -4.69. The highest BCUT2D eigenvalue weighted by atomic mass is 32.2. The molecule has 3 aromatic rings. The van der Waals surface area contributed by atoms with Crippen molar-refractivity contribution in [1.82, 2.24) is 9.62 Å². The number of hydrogen-bond donors (Lipinski definition) is 3. The van der Waals surface area contributed by atoms with E-state index in [1.54, 1.807) is 24.3 Å². The van der Waals surface area contributed by atoms with Crippen molar-refractivity contribution in [3.63, 3.8) is 0 Å². The second-order valence-corrected chi connectivity index (χ2v) is 15.2. The first-order valence-electron chi connectivity index (χ1n) is 16.8. The van der Waals surface area contributed by atoms with E-state index in [1.807, 2.05) is 4.72 Å². The summed E-state index contributed by atoms with van der Waals surface area (Å²) in [4.78, 5) is 23.3. The number of nitrogens with one attached hydrogen (secondary N) is 1. The number of alkyl halides is 8. The quantitative estimate of drug-likeness (QED) is 0.204. The van der Waals surface area contributed by atoms with Gasteiger partial charge in [0, 0.05) is 24.7 Å². The molecule has 1 heterocycles. The molecule has 290 valence electrons. The molecule has 0 bridgehead atoms. The van der Waals surface area contributed by atoms with Gasteiger partial charge < -0.3 is 20.5 Å². The second kappa shape index (κ2) is 15.0. The number of halogens is 8. The Balaban J connectivity index is 0.000000705. The van der Waals surface area contributed by atoms with Crippen molar-refractivity contribution < 1.29 is 63.0 Å². The van der Waals surface area contributed by atoms with Gasteiger partial charge in [-0.1, -0.05) is 36.4 Å². The van der Waals surface area contributed by atoms with E-state index < -0.39 is 57.2 Å². The van der Waals surface area contributed by atoms with Gasteiger partial charge in [-0.25, -0.2) is 13.2 Å². The van der Waals surface area contributed by atoms with Gasteiger partial charge in [0.1, 0.15) is 5.75 Å². The summed E-state index contributed by atoms with van der Waals surface area (Å²) in [6.07, 6.45) is -4.95. The maximum atomic E-state index is 16.3. The number of ether oxygens (including phenoxy) is 1. The van der Waals surface area contributed by atoms with Crippen molar-refractivity contribution in [2.45, 2.75) is 98.1 Å². The van der Waals surface area contributed by atoms with Crippen LogP contribution in [0.1, 0.15) is 62.5 Å². The van der Waals surface area contributed by atoms with E-state index in [2.05, 4.69) is 0 Å².